The molecule has 0 fully saturated rings. The Kier molecular flexibility index (Phi) is 3.18. The van der Waals surface area contributed by atoms with Gasteiger partial charge in [-0.2, -0.15) is 0 Å². The van der Waals surface area contributed by atoms with Gasteiger partial charge in [0.05, 0.1) is 0 Å². The maximum absolute atomic E-state index is 5.88. The Hall–Kier alpha value is -2.30. The highest BCUT2D eigenvalue weighted by molar-refractivity contribution is 5.40. The van der Waals surface area contributed by atoms with Crippen LogP contribution in [0.5, 0.6) is 11.5 Å². The van der Waals surface area contributed by atoms with Crippen LogP contribution in [0.4, 0.5) is 5.82 Å². The molecule has 0 aliphatic carbocycles. The molecule has 0 saturated heterocycles. The minimum Gasteiger partial charge on any atom is -0.486 e. The van der Waals surface area contributed by atoms with Crippen LogP contribution < -0.4 is 15.2 Å². The second kappa shape index (κ2) is 5.14. The number of nitrogens with two attached hydrogens (primary N) is 1. The molecule has 0 spiro atoms. The zero-order chi connectivity index (χ0) is 13.1. The molecule has 2 N–H and O–H groups in total. The molecule has 0 amide bonds. The Labute approximate surface area is 111 Å². The van der Waals surface area contributed by atoms with E-state index in [1.54, 1.807) is 6.07 Å². The molecule has 0 unspecified atom stereocenters. The van der Waals surface area contributed by atoms with E-state index in [4.69, 9.17) is 15.2 Å². The van der Waals surface area contributed by atoms with Crippen molar-refractivity contribution in [3.63, 3.8) is 0 Å². The lowest BCUT2D eigenvalue weighted by Crippen LogP contribution is -2.29. The number of benzene rings is 1. The quantitative estimate of drug-likeness (QED) is 0.908. The first-order valence-corrected chi connectivity index (χ1v) is 6.26. The minimum atomic E-state index is 0.0473. The second-order valence-electron chi connectivity index (χ2n) is 4.47. The summed E-state index contributed by atoms with van der Waals surface area (Å²) in [4.78, 5) is 8.06. The second-order valence-corrected chi connectivity index (χ2v) is 4.47. The van der Waals surface area contributed by atoms with E-state index in [0.717, 1.165) is 30.0 Å². The van der Waals surface area contributed by atoms with Crippen molar-refractivity contribution in [3.05, 3.63) is 42.4 Å². The molecule has 3 rings (SSSR count). The first-order valence-electron chi connectivity index (χ1n) is 6.26. The van der Waals surface area contributed by atoms with Crippen molar-refractivity contribution < 1.29 is 9.47 Å². The number of ether oxygens (including phenoxy) is 2. The topological polar surface area (TPSA) is 70.3 Å². The summed E-state index contributed by atoms with van der Waals surface area (Å²) in [6.07, 6.45) is 3.16. The molecular formula is C14H15N3O2. The third kappa shape index (κ3) is 2.76. The molecular weight excluding hydrogens is 242 g/mol. The van der Waals surface area contributed by atoms with Gasteiger partial charge in [-0.25, -0.2) is 9.97 Å². The van der Waals surface area contributed by atoms with Crippen LogP contribution in [0.2, 0.25) is 0 Å². The lowest BCUT2D eigenvalue weighted by molar-refractivity contribution is 0.0849. The van der Waals surface area contributed by atoms with Gasteiger partial charge >= 0.3 is 0 Å². The molecule has 2 heterocycles. The number of aryl methyl sites for hydroxylation is 1. The first-order chi connectivity index (χ1) is 9.31. The number of aromatic nitrogens is 2. The lowest BCUT2D eigenvalue weighted by atomic mass is 10.1. The molecule has 2 aromatic rings. The van der Waals surface area contributed by atoms with Gasteiger partial charge in [-0.05, 0) is 25.0 Å². The molecule has 1 atom stereocenters. The summed E-state index contributed by atoms with van der Waals surface area (Å²) in [5.74, 6) is 2.11. The van der Waals surface area contributed by atoms with Crippen LogP contribution in [0.25, 0.3) is 0 Å². The average Bonchev–Trinajstić information content (AvgIpc) is 2.45. The summed E-state index contributed by atoms with van der Waals surface area (Å²) in [5.41, 5.74) is 6.55. The summed E-state index contributed by atoms with van der Waals surface area (Å²) in [6.45, 7) is 0.567. The van der Waals surface area contributed by atoms with Crippen LogP contribution in [-0.4, -0.2) is 22.7 Å². The van der Waals surface area contributed by atoms with Crippen LogP contribution in [-0.2, 0) is 6.42 Å². The van der Waals surface area contributed by atoms with Crippen LogP contribution in [0.1, 0.15) is 12.1 Å². The summed E-state index contributed by atoms with van der Waals surface area (Å²) in [7, 11) is 0. The van der Waals surface area contributed by atoms with Gasteiger partial charge in [-0.15, -0.1) is 0 Å². The van der Waals surface area contributed by atoms with Gasteiger partial charge < -0.3 is 15.2 Å². The van der Waals surface area contributed by atoms with E-state index in [9.17, 15) is 0 Å². The number of fused-ring (bicyclic) bond motifs is 1. The van der Waals surface area contributed by atoms with Crippen molar-refractivity contribution in [2.45, 2.75) is 18.9 Å². The minimum absolute atomic E-state index is 0.0473. The van der Waals surface area contributed by atoms with Gasteiger partial charge in [0.15, 0.2) is 11.5 Å². The predicted molar refractivity (Wildman–Crippen MR) is 71.1 cm³/mol. The van der Waals surface area contributed by atoms with Crippen LogP contribution in [0, 0.1) is 0 Å². The van der Waals surface area contributed by atoms with Crippen molar-refractivity contribution in [2.75, 3.05) is 12.3 Å². The Balaban J connectivity index is 1.61. The molecule has 1 aliphatic heterocycles. The molecule has 0 bridgehead atoms. The Morgan fingerprint density at radius 2 is 2.05 bits per heavy atom. The number of hydrogen-bond acceptors (Lipinski definition) is 5. The molecule has 5 heteroatoms. The van der Waals surface area contributed by atoms with E-state index >= 15 is 0 Å². The van der Waals surface area contributed by atoms with Gasteiger partial charge in [-0.1, -0.05) is 12.1 Å². The molecule has 5 nitrogen and oxygen atoms in total. The van der Waals surface area contributed by atoms with Crippen molar-refractivity contribution in [2.24, 2.45) is 0 Å². The lowest BCUT2D eigenvalue weighted by Gasteiger charge is -2.26. The van der Waals surface area contributed by atoms with Gasteiger partial charge in [0, 0.05) is 11.8 Å². The highest BCUT2D eigenvalue weighted by Gasteiger charge is 2.20. The maximum atomic E-state index is 5.88. The van der Waals surface area contributed by atoms with Crippen LogP contribution in [0.3, 0.4) is 0 Å². The summed E-state index contributed by atoms with van der Waals surface area (Å²) in [5, 5.41) is 0. The summed E-state index contributed by atoms with van der Waals surface area (Å²) >= 11 is 0. The van der Waals surface area contributed by atoms with E-state index in [1.807, 2.05) is 24.3 Å². The monoisotopic (exact) mass is 257 g/mol. The number of anilines is 1. The van der Waals surface area contributed by atoms with Crippen molar-refractivity contribution in [3.8, 4) is 11.5 Å². The fraction of sp³-hybridized carbons (Fsp3) is 0.286. The van der Waals surface area contributed by atoms with E-state index in [-0.39, 0.29) is 6.10 Å². The van der Waals surface area contributed by atoms with Gasteiger partial charge in [0.2, 0.25) is 0 Å². The van der Waals surface area contributed by atoms with Gasteiger partial charge in [0.25, 0.3) is 0 Å². The molecule has 0 radical (unpaired) electrons. The number of nitrogens with zero attached hydrogens (tertiary/aromatic N) is 2. The molecule has 19 heavy (non-hydrogen) atoms. The van der Waals surface area contributed by atoms with Gasteiger partial charge in [-0.3, -0.25) is 0 Å². The standard InChI is InChI=1S/C14H15N3O2/c15-14-7-10(16-9-17-14)5-6-11-8-18-12-3-1-2-4-13(12)19-11/h1-4,7,9,11H,5-6,8H2,(H2,15,16,17)/t11-/m1/s1. The SMILES string of the molecule is Nc1cc(CC[C@@H]2COc3ccccc3O2)ncn1. The first kappa shape index (κ1) is 11.8. The third-order valence-electron chi connectivity index (χ3n) is 3.03. The smallest absolute Gasteiger partial charge is 0.161 e. The molecule has 0 saturated carbocycles. The molecule has 98 valence electrons. The molecule has 1 aromatic carbocycles. The summed E-state index contributed by atoms with van der Waals surface area (Å²) < 4.78 is 11.6. The van der Waals surface area contributed by atoms with E-state index in [0.29, 0.717) is 12.4 Å². The zero-order valence-corrected chi connectivity index (χ0v) is 10.5. The average molecular weight is 257 g/mol. The van der Waals surface area contributed by atoms with Crippen molar-refractivity contribution >= 4 is 5.82 Å². The van der Waals surface area contributed by atoms with Crippen LogP contribution in [0.15, 0.2) is 36.7 Å². The van der Waals surface area contributed by atoms with Crippen molar-refractivity contribution in [1.82, 2.24) is 9.97 Å². The zero-order valence-electron chi connectivity index (χ0n) is 10.5. The highest BCUT2D eigenvalue weighted by atomic mass is 16.6. The highest BCUT2D eigenvalue weighted by Crippen LogP contribution is 2.31. The number of nitrogen functional groups attached to an aromatic ring is 1. The predicted octanol–water partition coefficient (Wildman–Crippen LogP) is 1.83. The van der Waals surface area contributed by atoms with E-state index in [2.05, 4.69) is 9.97 Å². The van der Waals surface area contributed by atoms with E-state index < -0.39 is 0 Å². The molecule has 1 aromatic heterocycles. The third-order valence-corrected chi connectivity index (χ3v) is 3.03. The fourth-order valence-electron chi connectivity index (χ4n) is 2.07. The Bertz CT molecular complexity index is 574. The van der Waals surface area contributed by atoms with E-state index in [1.165, 1.54) is 6.33 Å². The van der Waals surface area contributed by atoms with Crippen molar-refractivity contribution in [1.29, 1.82) is 0 Å². The summed E-state index contributed by atoms with van der Waals surface area (Å²) in [6, 6.07) is 9.50. The largest absolute Gasteiger partial charge is 0.486 e. The molecule has 1 aliphatic rings. The Morgan fingerprint density at radius 3 is 2.89 bits per heavy atom. The number of rotatable bonds is 3. The van der Waals surface area contributed by atoms with Crippen LogP contribution >= 0.6 is 0 Å². The maximum Gasteiger partial charge on any atom is 0.161 e. The number of hydrogen-bond donors (Lipinski definition) is 1. The fourth-order valence-corrected chi connectivity index (χ4v) is 2.07. The number of para-hydroxylation sites is 2. The van der Waals surface area contributed by atoms with Gasteiger partial charge in [0.1, 0.15) is 24.9 Å². The Morgan fingerprint density at radius 1 is 1.21 bits per heavy atom. The normalized spacial score (nSPS) is 17.2.